The van der Waals surface area contributed by atoms with Crippen LogP contribution in [-0.4, -0.2) is 35.9 Å². The SMILES string of the molecule is CCOC(=O)/C=C/[C@@H]1[C@@H](OPP)CCCN1P. The van der Waals surface area contributed by atoms with E-state index in [-0.39, 0.29) is 18.1 Å². The van der Waals surface area contributed by atoms with Crippen molar-refractivity contribution in [2.45, 2.75) is 31.9 Å². The predicted octanol–water partition coefficient (Wildman–Crippen LogP) is 2.13. The molecule has 0 N–H and O–H groups in total. The van der Waals surface area contributed by atoms with Crippen LogP contribution in [0.2, 0.25) is 0 Å². The van der Waals surface area contributed by atoms with Gasteiger partial charge in [0.2, 0.25) is 0 Å². The highest BCUT2D eigenvalue weighted by Crippen LogP contribution is 2.32. The van der Waals surface area contributed by atoms with Gasteiger partial charge in [0.15, 0.2) is 0 Å². The van der Waals surface area contributed by atoms with Gasteiger partial charge in [-0.1, -0.05) is 24.4 Å². The second-order valence-electron chi connectivity index (χ2n) is 3.76. The van der Waals surface area contributed by atoms with Crippen molar-refractivity contribution < 1.29 is 14.1 Å². The highest BCUT2D eigenvalue weighted by Gasteiger charge is 2.28. The van der Waals surface area contributed by atoms with Crippen molar-refractivity contribution in [1.82, 2.24) is 4.67 Å². The maximum absolute atomic E-state index is 11.3. The van der Waals surface area contributed by atoms with Crippen LogP contribution in [0.15, 0.2) is 12.2 Å². The van der Waals surface area contributed by atoms with Crippen molar-refractivity contribution in [3.63, 3.8) is 0 Å². The number of rotatable bonds is 5. The van der Waals surface area contributed by atoms with Gasteiger partial charge in [-0.05, 0) is 19.8 Å². The number of carbonyl (C=O) groups excluding carboxylic acids is 1. The van der Waals surface area contributed by atoms with Crippen molar-refractivity contribution in [1.29, 1.82) is 0 Å². The third-order valence-electron chi connectivity index (χ3n) is 2.60. The van der Waals surface area contributed by atoms with E-state index in [0.717, 1.165) is 19.4 Å². The molecule has 1 rings (SSSR count). The van der Waals surface area contributed by atoms with Crippen molar-refractivity contribution >= 4 is 32.8 Å². The van der Waals surface area contributed by atoms with Crippen molar-refractivity contribution in [3.8, 4) is 0 Å². The van der Waals surface area contributed by atoms with Gasteiger partial charge in [-0.15, -0.1) is 0 Å². The summed E-state index contributed by atoms with van der Waals surface area (Å²) < 4.78 is 12.7. The number of carbonyl (C=O) groups is 1. The third-order valence-corrected chi connectivity index (χ3v) is 4.05. The van der Waals surface area contributed by atoms with Gasteiger partial charge in [0, 0.05) is 21.1 Å². The van der Waals surface area contributed by atoms with Crippen molar-refractivity contribution in [3.05, 3.63) is 12.2 Å². The molecular formula is C10H20NO3P3. The molecule has 0 aromatic rings. The summed E-state index contributed by atoms with van der Waals surface area (Å²) in [5, 5.41) is 0. The smallest absolute Gasteiger partial charge is 0.330 e. The Bertz CT molecular complexity index is 274. The highest BCUT2D eigenvalue weighted by molar-refractivity contribution is 8.00. The van der Waals surface area contributed by atoms with Crippen LogP contribution >= 0.6 is 26.8 Å². The molecule has 0 amide bonds. The third kappa shape index (κ3) is 5.28. The monoisotopic (exact) mass is 295 g/mol. The Morgan fingerprint density at radius 3 is 3.06 bits per heavy atom. The molecule has 0 aliphatic carbocycles. The normalized spacial score (nSPS) is 27.0. The number of hydrogen-bond acceptors (Lipinski definition) is 4. The Balaban J connectivity index is 2.58. The Morgan fingerprint density at radius 1 is 1.65 bits per heavy atom. The number of piperidine rings is 1. The molecule has 0 bridgehead atoms. The lowest BCUT2D eigenvalue weighted by atomic mass is 10.0. The zero-order chi connectivity index (χ0) is 12.7. The molecule has 98 valence electrons. The molecule has 0 saturated carbocycles. The number of ether oxygens (including phenoxy) is 1. The van der Waals surface area contributed by atoms with Crippen LogP contribution in [0.3, 0.4) is 0 Å². The van der Waals surface area contributed by atoms with Gasteiger partial charge in [0.25, 0.3) is 0 Å². The van der Waals surface area contributed by atoms with Crippen LogP contribution < -0.4 is 0 Å². The number of nitrogens with zero attached hydrogens (tertiary/aromatic N) is 1. The fourth-order valence-corrected chi connectivity index (χ4v) is 3.26. The van der Waals surface area contributed by atoms with Gasteiger partial charge in [-0.3, -0.25) is 4.67 Å². The molecule has 7 heteroatoms. The molecule has 5 atom stereocenters. The lowest BCUT2D eigenvalue weighted by molar-refractivity contribution is -0.137. The average Bonchev–Trinajstić information content (AvgIpc) is 2.29. The second kappa shape index (κ2) is 8.51. The van der Waals surface area contributed by atoms with E-state index in [4.69, 9.17) is 9.26 Å². The molecule has 1 aliphatic heterocycles. The first kappa shape index (κ1) is 15.5. The second-order valence-corrected chi connectivity index (χ2v) is 5.60. The van der Waals surface area contributed by atoms with Crippen LogP contribution in [0, 0.1) is 0 Å². The molecule has 1 fully saturated rings. The standard InChI is InChI=1S/C10H20NO3P3/c1-2-13-10(12)6-5-8-9(14-17-16)4-3-7-11(8)15/h5-6,8-9,17H,2-4,7,15-16H2,1H3/b6-5+/t8-,9+/m1/s1. The van der Waals surface area contributed by atoms with E-state index >= 15 is 0 Å². The summed E-state index contributed by atoms with van der Waals surface area (Å²) in [6, 6.07) is 0.131. The van der Waals surface area contributed by atoms with Gasteiger partial charge in [0.1, 0.15) is 0 Å². The summed E-state index contributed by atoms with van der Waals surface area (Å²) in [4.78, 5) is 11.3. The van der Waals surface area contributed by atoms with Gasteiger partial charge in [-0.2, -0.15) is 0 Å². The molecule has 3 unspecified atom stereocenters. The topological polar surface area (TPSA) is 38.8 Å². The van der Waals surface area contributed by atoms with Crippen molar-refractivity contribution in [2.24, 2.45) is 0 Å². The Hall–Kier alpha value is 0.420. The number of esters is 1. The lowest BCUT2D eigenvalue weighted by Gasteiger charge is -2.36. The maximum atomic E-state index is 11.3. The summed E-state index contributed by atoms with van der Waals surface area (Å²) in [6.07, 6.45) is 5.68. The highest BCUT2D eigenvalue weighted by atomic mass is 32.0. The van der Waals surface area contributed by atoms with Crippen LogP contribution in [0.25, 0.3) is 0 Å². The molecule has 0 radical (unpaired) electrons. The fourth-order valence-electron chi connectivity index (χ4n) is 1.83. The van der Waals surface area contributed by atoms with Gasteiger partial charge >= 0.3 is 5.97 Å². The van der Waals surface area contributed by atoms with Gasteiger partial charge in [-0.25, -0.2) is 4.79 Å². The largest absolute Gasteiger partial charge is 0.463 e. The van der Waals surface area contributed by atoms with E-state index in [1.54, 1.807) is 6.92 Å². The molecule has 0 spiro atoms. The fraction of sp³-hybridized carbons (Fsp3) is 0.700. The zero-order valence-electron chi connectivity index (χ0n) is 9.96. The maximum Gasteiger partial charge on any atom is 0.330 e. The lowest BCUT2D eigenvalue weighted by Crippen LogP contribution is -2.42. The van der Waals surface area contributed by atoms with E-state index in [2.05, 4.69) is 23.0 Å². The van der Waals surface area contributed by atoms with Crippen LogP contribution in [0.1, 0.15) is 19.8 Å². The van der Waals surface area contributed by atoms with Crippen LogP contribution in [-0.2, 0) is 14.1 Å². The quantitative estimate of drug-likeness (QED) is 0.442. The minimum Gasteiger partial charge on any atom is -0.463 e. The van der Waals surface area contributed by atoms with E-state index in [0.29, 0.717) is 15.1 Å². The molecule has 17 heavy (non-hydrogen) atoms. The van der Waals surface area contributed by atoms with Crippen molar-refractivity contribution in [2.75, 3.05) is 13.2 Å². The van der Waals surface area contributed by atoms with Gasteiger partial charge in [0.05, 0.1) is 18.8 Å². The first-order chi connectivity index (χ1) is 8.19. The minimum atomic E-state index is -0.288. The average molecular weight is 295 g/mol. The molecule has 4 nitrogen and oxygen atoms in total. The molecular weight excluding hydrogens is 275 g/mol. The van der Waals surface area contributed by atoms with E-state index in [1.807, 2.05) is 6.08 Å². The first-order valence-electron chi connectivity index (χ1n) is 5.66. The zero-order valence-corrected chi connectivity index (χ0v) is 13.3. The summed E-state index contributed by atoms with van der Waals surface area (Å²) in [5.41, 5.74) is 0. The Morgan fingerprint density at radius 2 is 2.41 bits per heavy atom. The molecule has 0 aromatic heterocycles. The number of hydrogen-bond donors (Lipinski definition) is 0. The summed E-state index contributed by atoms with van der Waals surface area (Å²) in [7, 11) is 5.68. The predicted molar refractivity (Wildman–Crippen MR) is 78.1 cm³/mol. The summed E-state index contributed by atoms with van der Waals surface area (Å²) in [5.74, 6) is -0.288. The summed E-state index contributed by atoms with van der Waals surface area (Å²) in [6.45, 7) is 3.21. The Kier molecular flexibility index (Phi) is 7.75. The molecule has 1 aliphatic rings. The van der Waals surface area contributed by atoms with Crippen LogP contribution in [0.4, 0.5) is 0 Å². The minimum absolute atomic E-state index is 0.131. The summed E-state index contributed by atoms with van der Waals surface area (Å²) >= 11 is 0. The van der Waals surface area contributed by atoms with Gasteiger partial charge < -0.3 is 9.26 Å². The van der Waals surface area contributed by atoms with E-state index in [9.17, 15) is 4.79 Å². The molecule has 1 heterocycles. The van der Waals surface area contributed by atoms with E-state index in [1.165, 1.54) is 6.08 Å². The van der Waals surface area contributed by atoms with Crippen LogP contribution in [0.5, 0.6) is 0 Å². The Labute approximate surface area is 109 Å². The molecule has 0 aromatic carbocycles. The molecule has 1 saturated heterocycles. The first-order valence-corrected chi connectivity index (χ1v) is 8.90. The van der Waals surface area contributed by atoms with E-state index < -0.39 is 0 Å².